The van der Waals surface area contributed by atoms with Crippen molar-refractivity contribution in [1.29, 1.82) is 0 Å². The molecule has 1 saturated carbocycles. The lowest BCUT2D eigenvalue weighted by molar-refractivity contribution is 0.0424. The molecular weight excluding hydrogens is 293 g/mol. The van der Waals surface area contributed by atoms with Gasteiger partial charge in [-0.05, 0) is 57.5 Å². The van der Waals surface area contributed by atoms with E-state index in [1.807, 2.05) is 19.2 Å². The van der Waals surface area contributed by atoms with Crippen LogP contribution in [0.4, 0.5) is 0 Å². The molecule has 0 spiro atoms. The van der Waals surface area contributed by atoms with E-state index < -0.39 is 0 Å². The average molecular weight is 316 g/mol. The number of ether oxygens (including phenoxy) is 1. The van der Waals surface area contributed by atoms with E-state index in [4.69, 9.17) is 27.9 Å². The third-order valence-corrected chi connectivity index (χ3v) is 5.11. The first-order valence-corrected chi connectivity index (χ1v) is 7.85. The smallest absolute Gasteiger partial charge is 0.0595 e. The Kier molecular flexibility index (Phi) is 5.36. The van der Waals surface area contributed by atoms with Crippen LogP contribution in [-0.4, -0.2) is 38.8 Å². The van der Waals surface area contributed by atoms with E-state index in [9.17, 15) is 0 Å². The molecular formula is C16H23Cl2NO. The molecule has 2 nitrogen and oxygen atoms in total. The Hall–Kier alpha value is -0.280. The fraction of sp³-hybridized carbons (Fsp3) is 0.625. The number of hydrogen-bond acceptors (Lipinski definition) is 2. The standard InChI is InChI=1S/C16H23Cl2NO/c1-19(2)11-16(8-6-13(20-3)7-9-16)12-4-5-14(17)15(18)10-12/h4-5,10,13H,6-9,11H2,1-3H3. The highest BCUT2D eigenvalue weighted by atomic mass is 35.5. The number of benzene rings is 1. The molecule has 0 amide bonds. The number of nitrogens with zero attached hydrogens (tertiary/aromatic N) is 1. The second-order valence-electron chi connectivity index (χ2n) is 6.08. The minimum Gasteiger partial charge on any atom is -0.381 e. The highest BCUT2D eigenvalue weighted by Gasteiger charge is 2.37. The van der Waals surface area contributed by atoms with Crippen LogP contribution < -0.4 is 0 Å². The fourth-order valence-corrected chi connectivity index (χ4v) is 3.65. The predicted molar refractivity (Wildman–Crippen MR) is 86.0 cm³/mol. The minimum absolute atomic E-state index is 0.159. The lowest BCUT2D eigenvalue weighted by atomic mass is 9.68. The summed E-state index contributed by atoms with van der Waals surface area (Å²) in [6, 6.07) is 6.09. The van der Waals surface area contributed by atoms with Crippen LogP contribution in [0, 0.1) is 0 Å². The molecule has 20 heavy (non-hydrogen) atoms. The average Bonchev–Trinajstić information content (AvgIpc) is 2.42. The van der Waals surface area contributed by atoms with Gasteiger partial charge in [0.1, 0.15) is 0 Å². The third kappa shape index (κ3) is 3.48. The summed E-state index contributed by atoms with van der Waals surface area (Å²) in [4.78, 5) is 2.26. The van der Waals surface area contributed by atoms with E-state index in [2.05, 4.69) is 25.1 Å². The second-order valence-corrected chi connectivity index (χ2v) is 6.90. The van der Waals surface area contributed by atoms with Gasteiger partial charge in [-0.2, -0.15) is 0 Å². The molecule has 0 N–H and O–H groups in total. The van der Waals surface area contributed by atoms with E-state index in [1.54, 1.807) is 0 Å². The molecule has 0 saturated heterocycles. The summed E-state index contributed by atoms with van der Waals surface area (Å²) < 4.78 is 5.51. The summed E-state index contributed by atoms with van der Waals surface area (Å²) in [5.41, 5.74) is 1.46. The number of halogens is 2. The van der Waals surface area contributed by atoms with Crippen molar-refractivity contribution in [2.75, 3.05) is 27.7 Å². The first-order chi connectivity index (χ1) is 9.47. The number of rotatable bonds is 4. The molecule has 1 aliphatic carbocycles. The lowest BCUT2D eigenvalue weighted by Gasteiger charge is -2.42. The molecule has 0 bridgehead atoms. The largest absolute Gasteiger partial charge is 0.381 e. The number of hydrogen-bond donors (Lipinski definition) is 0. The maximum absolute atomic E-state index is 6.22. The Morgan fingerprint density at radius 2 is 1.85 bits per heavy atom. The predicted octanol–water partition coefficient (Wildman–Crippen LogP) is 4.38. The van der Waals surface area contributed by atoms with E-state index in [0.717, 1.165) is 32.2 Å². The van der Waals surface area contributed by atoms with Gasteiger partial charge in [-0.25, -0.2) is 0 Å². The van der Waals surface area contributed by atoms with E-state index >= 15 is 0 Å². The monoisotopic (exact) mass is 315 g/mol. The molecule has 0 heterocycles. The van der Waals surface area contributed by atoms with Crippen LogP contribution in [-0.2, 0) is 10.2 Å². The van der Waals surface area contributed by atoms with Crippen molar-refractivity contribution in [2.45, 2.75) is 37.2 Å². The van der Waals surface area contributed by atoms with Crippen molar-refractivity contribution >= 4 is 23.2 Å². The van der Waals surface area contributed by atoms with E-state index in [-0.39, 0.29) is 5.41 Å². The summed E-state index contributed by atoms with van der Waals surface area (Å²) in [5, 5.41) is 1.28. The van der Waals surface area contributed by atoms with Gasteiger partial charge in [-0.15, -0.1) is 0 Å². The molecule has 0 unspecified atom stereocenters. The molecule has 0 aliphatic heterocycles. The number of methoxy groups -OCH3 is 1. The van der Waals surface area contributed by atoms with Gasteiger partial charge in [-0.1, -0.05) is 29.3 Å². The topological polar surface area (TPSA) is 12.5 Å². The molecule has 1 aromatic carbocycles. The van der Waals surface area contributed by atoms with Crippen LogP contribution in [0.2, 0.25) is 10.0 Å². The highest BCUT2D eigenvalue weighted by molar-refractivity contribution is 6.42. The minimum atomic E-state index is 0.159. The lowest BCUT2D eigenvalue weighted by Crippen LogP contribution is -2.42. The van der Waals surface area contributed by atoms with Crippen molar-refractivity contribution < 1.29 is 4.74 Å². The Morgan fingerprint density at radius 3 is 2.35 bits per heavy atom. The summed E-state index contributed by atoms with van der Waals surface area (Å²) in [6.45, 7) is 1.03. The van der Waals surface area contributed by atoms with Gasteiger partial charge in [0.25, 0.3) is 0 Å². The van der Waals surface area contributed by atoms with Crippen LogP contribution in [0.3, 0.4) is 0 Å². The molecule has 0 aromatic heterocycles. The van der Waals surface area contributed by atoms with Gasteiger partial charge >= 0.3 is 0 Å². The normalized spacial score (nSPS) is 27.0. The third-order valence-electron chi connectivity index (χ3n) is 4.37. The molecule has 2 rings (SSSR count). The van der Waals surface area contributed by atoms with Gasteiger partial charge in [0.15, 0.2) is 0 Å². The molecule has 1 aliphatic rings. The first-order valence-electron chi connectivity index (χ1n) is 7.10. The molecule has 0 atom stereocenters. The van der Waals surface area contributed by atoms with Crippen molar-refractivity contribution in [3.05, 3.63) is 33.8 Å². The zero-order chi connectivity index (χ0) is 14.8. The summed E-state index contributed by atoms with van der Waals surface area (Å²) in [7, 11) is 6.06. The molecule has 4 heteroatoms. The van der Waals surface area contributed by atoms with E-state index in [0.29, 0.717) is 16.1 Å². The van der Waals surface area contributed by atoms with Crippen molar-refractivity contribution in [3.8, 4) is 0 Å². The molecule has 1 aromatic rings. The first kappa shape index (κ1) is 16.1. The van der Waals surface area contributed by atoms with Gasteiger partial charge < -0.3 is 9.64 Å². The SMILES string of the molecule is COC1CCC(CN(C)C)(c2ccc(Cl)c(Cl)c2)CC1. The van der Waals surface area contributed by atoms with Crippen LogP contribution in [0.1, 0.15) is 31.2 Å². The number of likely N-dealkylation sites (N-methyl/N-ethyl adjacent to an activating group) is 1. The Morgan fingerprint density at radius 1 is 1.20 bits per heavy atom. The summed E-state index contributed by atoms with van der Waals surface area (Å²) >= 11 is 12.3. The molecule has 0 radical (unpaired) electrons. The maximum atomic E-state index is 6.22. The Bertz CT molecular complexity index is 454. The van der Waals surface area contributed by atoms with Crippen molar-refractivity contribution in [3.63, 3.8) is 0 Å². The Labute approximate surface area is 132 Å². The van der Waals surface area contributed by atoms with Crippen LogP contribution in [0.5, 0.6) is 0 Å². The van der Waals surface area contributed by atoms with Crippen LogP contribution in [0.25, 0.3) is 0 Å². The second kappa shape index (κ2) is 6.65. The van der Waals surface area contributed by atoms with Gasteiger partial charge in [0.2, 0.25) is 0 Å². The zero-order valence-corrected chi connectivity index (χ0v) is 14.0. The quantitative estimate of drug-likeness (QED) is 0.817. The summed E-state index contributed by atoms with van der Waals surface area (Å²) in [5.74, 6) is 0. The fourth-order valence-electron chi connectivity index (χ4n) is 3.35. The molecule has 1 fully saturated rings. The molecule has 112 valence electrons. The maximum Gasteiger partial charge on any atom is 0.0595 e. The zero-order valence-electron chi connectivity index (χ0n) is 12.5. The van der Waals surface area contributed by atoms with Crippen molar-refractivity contribution in [2.24, 2.45) is 0 Å². The Balaban J connectivity index is 2.29. The van der Waals surface area contributed by atoms with Crippen LogP contribution in [0.15, 0.2) is 18.2 Å². The van der Waals surface area contributed by atoms with Gasteiger partial charge in [0, 0.05) is 19.1 Å². The highest BCUT2D eigenvalue weighted by Crippen LogP contribution is 2.42. The van der Waals surface area contributed by atoms with Gasteiger partial charge in [-0.3, -0.25) is 0 Å². The summed E-state index contributed by atoms with van der Waals surface area (Å²) in [6.07, 6.45) is 4.85. The van der Waals surface area contributed by atoms with E-state index in [1.165, 1.54) is 5.56 Å². The van der Waals surface area contributed by atoms with Crippen molar-refractivity contribution in [1.82, 2.24) is 4.90 Å². The van der Waals surface area contributed by atoms with Gasteiger partial charge in [0.05, 0.1) is 16.1 Å². The van der Waals surface area contributed by atoms with Crippen LogP contribution >= 0.6 is 23.2 Å².